The Morgan fingerprint density at radius 3 is 2.44 bits per heavy atom. The average molecular weight is 495 g/mol. The van der Waals surface area contributed by atoms with Gasteiger partial charge < -0.3 is 9.64 Å². The number of rotatable bonds is 7. The number of fused-ring (bicyclic) bond motifs is 1. The molecule has 13 heteroatoms. The van der Waals surface area contributed by atoms with Crippen LogP contribution in [-0.4, -0.2) is 71.1 Å². The molecule has 1 aliphatic rings. The topological polar surface area (TPSA) is 110 Å². The van der Waals surface area contributed by atoms with E-state index in [2.05, 4.69) is 15.1 Å². The van der Waals surface area contributed by atoms with Gasteiger partial charge in [0.05, 0.1) is 11.5 Å². The summed E-state index contributed by atoms with van der Waals surface area (Å²) < 4.78 is 60.9. The van der Waals surface area contributed by atoms with Gasteiger partial charge in [-0.25, -0.2) is 22.2 Å². The highest BCUT2D eigenvalue weighted by molar-refractivity contribution is 7.89. The van der Waals surface area contributed by atoms with Crippen molar-refractivity contribution in [3.63, 3.8) is 0 Å². The Bertz CT molecular complexity index is 1300. The lowest BCUT2D eigenvalue weighted by Crippen LogP contribution is -2.49. The number of carbonyl (C=O) groups excluding carboxylic acids is 1. The van der Waals surface area contributed by atoms with E-state index >= 15 is 0 Å². The fraction of sp³-hybridized carbons (Fsp3) is 0.429. The van der Waals surface area contributed by atoms with E-state index in [0.29, 0.717) is 42.9 Å². The van der Waals surface area contributed by atoms with Crippen LogP contribution in [0.5, 0.6) is 0 Å². The Labute approximate surface area is 195 Å². The van der Waals surface area contributed by atoms with Gasteiger partial charge >= 0.3 is 5.97 Å². The second kappa shape index (κ2) is 9.58. The number of esters is 1. The third-order valence-corrected chi connectivity index (χ3v) is 7.48. The molecule has 0 saturated carbocycles. The number of carbonyl (C=O) groups is 1. The number of sulfonamides is 1. The molecule has 182 valence electrons. The van der Waals surface area contributed by atoms with E-state index in [0.717, 1.165) is 17.7 Å². The number of hydrogen-bond donors (Lipinski definition) is 0. The van der Waals surface area contributed by atoms with E-state index in [1.807, 2.05) is 11.8 Å². The van der Waals surface area contributed by atoms with Crippen LogP contribution in [0.3, 0.4) is 0 Å². The molecule has 0 atom stereocenters. The van der Waals surface area contributed by atoms with Gasteiger partial charge in [0.2, 0.25) is 10.0 Å². The van der Waals surface area contributed by atoms with Crippen LogP contribution in [0.1, 0.15) is 24.6 Å². The zero-order chi connectivity index (χ0) is 24.5. The maximum absolute atomic E-state index is 13.6. The molecular weight excluding hydrogens is 470 g/mol. The first-order chi connectivity index (χ1) is 16.2. The first kappa shape index (κ1) is 24.0. The Morgan fingerprint density at radius 2 is 1.79 bits per heavy atom. The highest BCUT2D eigenvalue weighted by Gasteiger charge is 2.31. The van der Waals surface area contributed by atoms with Crippen LogP contribution < -0.4 is 4.90 Å². The summed E-state index contributed by atoms with van der Waals surface area (Å²) in [5.41, 5.74) is 1.47. The first-order valence-electron chi connectivity index (χ1n) is 10.8. The van der Waals surface area contributed by atoms with Gasteiger partial charge in [0.15, 0.2) is 0 Å². The Hall–Kier alpha value is -3.19. The predicted molar refractivity (Wildman–Crippen MR) is 118 cm³/mol. The van der Waals surface area contributed by atoms with Gasteiger partial charge in [-0.2, -0.15) is 18.9 Å². The highest BCUT2D eigenvalue weighted by atomic mass is 32.2. The Balaban J connectivity index is 1.60. The lowest BCUT2D eigenvalue weighted by atomic mass is 10.1. The van der Waals surface area contributed by atoms with Crippen LogP contribution in [0.4, 0.5) is 14.6 Å². The van der Waals surface area contributed by atoms with Gasteiger partial charge in [0, 0.05) is 49.9 Å². The molecular formula is C21H24F2N6O4S. The van der Waals surface area contributed by atoms with Gasteiger partial charge in [-0.15, -0.1) is 0 Å². The quantitative estimate of drug-likeness (QED) is 0.457. The first-order valence-corrected chi connectivity index (χ1v) is 12.2. The number of nitrogens with zero attached hydrogens (tertiary/aromatic N) is 6. The third kappa shape index (κ3) is 4.71. The number of hydrogen-bond acceptors (Lipinski definition) is 8. The van der Waals surface area contributed by atoms with Crippen molar-refractivity contribution < 1.29 is 26.7 Å². The fourth-order valence-electron chi connectivity index (χ4n) is 4.01. The maximum atomic E-state index is 13.6. The molecule has 0 spiro atoms. The summed E-state index contributed by atoms with van der Waals surface area (Å²) in [6, 6.07) is 2.25. The SMILES string of the molecule is CCOC(=O)CCc1c(C)nc2ncnn2c1N1CCN(S(=O)(=O)c2cc(F)cc(F)c2)CC1. The smallest absolute Gasteiger partial charge is 0.306 e. The van der Waals surface area contributed by atoms with Crippen molar-refractivity contribution in [3.8, 4) is 0 Å². The van der Waals surface area contributed by atoms with E-state index in [9.17, 15) is 22.0 Å². The summed E-state index contributed by atoms with van der Waals surface area (Å²) in [5.74, 6) is -1.17. The van der Waals surface area contributed by atoms with Crippen LogP contribution >= 0.6 is 0 Å². The summed E-state index contributed by atoms with van der Waals surface area (Å²) in [4.78, 5) is 22.1. The largest absolute Gasteiger partial charge is 0.466 e. The zero-order valence-corrected chi connectivity index (χ0v) is 19.6. The standard InChI is InChI=1S/C21H24F2N6O4S/c1-3-33-19(30)5-4-18-14(2)26-21-24-13-25-29(21)20(18)27-6-8-28(9-7-27)34(31,32)17-11-15(22)10-16(23)12-17/h10-13H,3-9H2,1-2H3. The maximum Gasteiger partial charge on any atom is 0.306 e. The molecule has 0 unspecified atom stereocenters. The summed E-state index contributed by atoms with van der Waals surface area (Å²) in [6.07, 6.45) is 1.90. The molecule has 3 aromatic rings. The molecule has 4 rings (SSSR count). The zero-order valence-electron chi connectivity index (χ0n) is 18.7. The van der Waals surface area contributed by atoms with Crippen LogP contribution in [0.15, 0.2) is 29.4 Å². The summed E-state index contributed by atoms with van der Waals surface area (Å²) in [7, 11) is -4.07. The number of aryl methyl sites for hydroxylation is 1. The predicted octanol–water partition coefficient (Wildman–Crippen LogP) is 1.72. The number of halogens is 2. The van der Waals surface area contributed by atoms with Crippen molar-refractivity contribution in [2.24, 2.45) is 0 Å². The van der Waals surface area contributed by atoms with Crippen LogP contribution in [0.2, 0.25) is 0 Å². The van der Waals surface area contributed by atoms with E-state index < -0.39 is 26.6 Å². The van der Waals surface area contributed by atoms with E-state index in [-0.39, 0.29) is 32.1 Å². The molecule has 1 aromatic carbocycles. The van der Waals surface area contributed by atoms with Crippen molar-refractivity contribution >= 4 is 27.6 Å². The third-order valence-electron chi connectivity index (χ3n) is 5.60. The normalized spacial score (nSPS) is 15.1. The minimum atomic E-state index is -4.07. The molecule has 34 heavy (non-hydrogen) atoms. The number of piperazine rings is 1. The Morgan fingerprint density at radius 1 is 1.12 bits per heavy atom. The number of benzene rings is 1. The molecule has 1 aliphatic heterocycles. The van der Waals surface area contributed by atoms with Crippen LogP contribution in [0.25, 0.3) is 5.78 Å². The van der Waals surface area contributed by atoms with Crippen molar-refractivity contribution in [1.29, 1.82) is 0 Å². The molecule has 1 fully saturated rings. The van der Waals surface area contributed by atoms with Gasteiger partial charge in [-0.05, 0) is 32.4 Å². The number of ether oxygens (including phenoxy) is 1. The summed E-state index contributed by atoms with van der Waals surface area (Å²) >= 11 is 0. The van der Waals surface area contributed by atoms with Crippen LogP contribution in [-0.2, 0) is 26.0 Å². The van der Waals surface area contributed by atoms with Crippen molar-refractivity contribution in [2.75, 3.05) is 37.7 Å². The fourth-order valence-corrected chi connectivity index (χ4v) is 5.48. The molecule has 3 heterocycles. The van der Waals surface area contributed by atoms with Gasteiger partial charge in [0.1, 0.15) is 23.8 Å². The van der Waals surface area contributed by atoms with Crippen molar-refractivity contribution in [1.82, 2.24) is 23.9 Å². The minimum Gasteiger partial charge on any atom is -0.466 e. The van der Waals surface area contributed by atoms with Crippen LogP contribution in [0, 0.1) is 18.6 Å². The van der Waals surface area contributed by atoms with E-state index in [1.54, 1.807) is 11.4 Å². The molecule has 0 amide bonds. The molecule has 0 bridgehead atoms. The average Bonchev–Trinajstić information content (AvgIpc) is 3.25. The molecule has 0 aliphatic carbocycles. The van der Waals surface area contributed by atoms with Crippen molar-refractivity contribution in [2.45, 2.75) is 31.6 Å². The lowest BCUT2D eigenvalue weighted by Gasteiger charge is -2.36. The summed E-state index contributed by atoms with van der Waals surface area (Å²) in [5, 5.41) is 4.26. The number of aromatic nitrogens is 4. The monoisotopic (exact) mass is 494 g/mol. The molecule has 10 nitrogen and oxygen atoms in total. The second-order valence-electron chi connectivity index (χ2n) is 7.77. The van der Waals surface area contributed by atoms with Crippen molar-refractivity contribution in [3.05, 3.63) is 47.4 Å². The van der Waals surface area contributed by atoms with Gasteiger partial charge in [-0.3, -0.25) is 4.79 Å². The molecule has 1 saturated heterocycles. The number of anilines is 1. The second-order valence-corrected chi connectivity index (χ2v) is 9.71. The summed E-state index contributed by atoms with van der Waals surface area (Å²) in [6.45, 7) is 4.62. The molecule has 0 N–H and O–H groups in total. The van der Waals surface area contributed by atoms with E-state index in [1.165, 1.54) is 10.6 Å². The molecule has 2 aromatic heterocycles. The Kier molecular flexibility index (Phi) is 6.75. The van der Waals surface area contributed by atoms with Gasteiger partial charge in [-0.1, -0.05) is 0 Å². The van der Waals surface area contributed by atoms with E-state index in [4.69, 9.17) is 4.74 Å². The highest BCUT2D eigenvalue weighted by Crippen LogP contribution is 2.27. The lowest BCUT2D eigenvalue weighted by molar-refractivity contribution is -0.143. The molecule has 0 radical (unpaired) electrons. The minimum absolute atomic E-state index is 0.0926. The van der Waals surface area contributed by atoms with Gasteiger partial charge in [0.25, 0.3) is 5.78 Å².